The molecule has 5 heteroatoms. The maximum absolute atomic E-state index is 12.9. The number of nitrogens with zero attached hydrogens (tertiary/aromatic N) is 3. The van der Waals surface area contributed by atoms with Crippen molar-refractivity contribution in [3.63, 3.8) is 0 Å². The summed E-state index contributed by atoms with van der Waals surface area (Å²) in [6, 6.07) is 7.81. The van der Waals surface area contributed by atoms with Crippen LogP contribution in [0, 0.1) is 0 Å². The van der Waals surface area contributed by atoms with Crippen molar-refractivity contribution >= 4 is 22.5 Å². The molecule has 0 aliphatic carbocycles. The molecule has 1 amide bonds. The Balaban J connectivity index is 1.98. The summed E-state index contributed by atoms with van der Waals surface area (Å²) in [6.07, 6.45) is 5.43. The maximum atomic E-state index is 12.9. The fourth-order valence-electron chi connectivity index (χ4n) is 3.24. The third-order valence-corrected chi connectivity index (χ3v) is 4.52. The minimum atomic E-state index is -0.0792. The normalized spacial score (nSPS) is 19.1. The van der Waals surface area contributed by atoms with E-state index in [1.54, 1.807) is 0 Å². The first-order valence-corrected chi connectivity index (χ1v) is 8.04. The van der Waals surface area contributed by atoms with E-state index in [0.717, 1.165) is 36.7 Å². The van der Waals surface area contributed by atoms with Gasteiger partial charge in [-0.2, -0.15) is 0 Å². The van der Waals surface area contributed by atoms with Gasteiger partial charge >= 0.3 is 0 Å². The van der Waals surface area contributed by atoms with Crippen molar-refractivity contribution < 1.29 is 4.79 Å². The number of anilines is 1. The Morgan fingerprint density at radius 1 is 1.27 bits per heavy atom. The van der Waals surface area contributed by atoms with Gasteiger partial charge in [0.2, 0.25) is 0 Å². The van der Waals surface area contributed by atoms with Gasteiger partial charge in [0.15, 0.2) is 5.69 Å². The van der Waals surface area contributed by atoms with Crippen LogP contribution in [-0.4, -0.2) is 33.6 Å². The SMILES string of the molecule is CC[C@@H]1CCCCCN1C(=O)c1nnc2ccccc2c1N. The molecule has 1 atom stereocenters. The fraction of sp³-hybridized carbons (Fsp3) is 0.471. The fourth-order valence-corrected chi connectivity index (χ4v) is 3.24. The van der Waals surface area contributed by atoms with E-state index < -0.39 is 0 Å². The molecular formula is C17H22N4O. The highest BCUT2D eigenvalue weighted by Crippen LogP contribution is 2.25. The average molecular weight is 298 g/mol. The molecule has 0 spiro atoms. The van der Waals surface area contributed by atoms with Gasteiger partial charge in [-0.1, -0.05) is 38.0 Å². The Bertz CT molecular complexity index is 685. The van der Waals surface area contributed by atoms with Crippen LogP contribution >= 0.6 is 0 Å². The number of nitrogens with two attached hydrogens (primary N) is 1. The first-order chi connectivity index (χ1) is 10.7. The largest absolute Gasteiger partial charge is 0.396 e. The molecule has 1 fully saturated rings. The summed E-state index contributed by atoms with van der Waals surface area (Å²) in [5.41, 5.74) is 7.65. The standard InChI is InChI=1S/C17H22N4O/c1-2-12-8-4-3-7-11-21(12)17(22)16-15(18)13-9-5-6-10-14(13)19-20-16/h5-6,9-10,12H,2-4,7-8,11H2,1H3,(H2,18,19)/t12-/m1/s1. The molecule has 2 aromatic rings. The lowest BCUT2D eigenvalue weighted by Crippen LogP contribution is -2.40. The summed E-state index contributed by atoms with van der Waals surface area (Å²) in [5, 5.41) is 9.06. The second-order valence-electron chi connectivity index (χ2n) is 5.89. The van der Waals surface area contributed by atoms with Crippen LogP contribution in [0.25, 0.3) is 10.9 Å². The Kier molecular flexibility index (Phi) is 4.22. The molecule has 3 rings (SSSR count). The van der Waals surface area contributed by atoms with Gasteiger partial charge in [-0.3, -0.25) is 4.79 Å². The van der Waals surface area contributed by atoms with E-state index in [-0.39, 0.29) is 11.9 Å². The summed E-state index contributed by atoms with van der Waals surface area (Å²) in [6.45, 7) is 2.91. The molecule has 1 aliphatic rings. The summed E-state index contributed by atoms with van der Waals surface area (Å²) < 4.78 is 0. The van der Waals surface area contributed by atoms with Crippen molar-refractivity contribution in [2.45, 2.75) is 45.1 Å². The van der Waals surface area contributed by atoms with Crippen LogP contribution in [0.15, 0.2) is 24.3 Å². The molecule has 1 aliphatic heterocycles. The Labute approximate surface area is 130 Å². The average Bonchev–Trinajstić information content (AvgIpc) is 2.80. The molecule has 0 radical (unpaired) electrons. The number of amides is 1. The predicted octanol–water partition coefficient (Wildman–Crippen LogP) is 3.01. The molecular weight excluding hydrogens is 276 g/mol. The van der Waals surface area contributed by atoms with Crippen LogP contribution in [0.3, 0.4) is 0 Å². The third-order valence-electron chi connectivity index (χ3n) is 4.52. The second-order valence-corrected chi connectivity index (χ2v) is 5.89. The van der Waals surface area contributed by atoms with Gasteiger partial charge in [-0.25, -0.2) is 0 Å². The lowest BCUT2D eigenvalue weighted by atomic mass is 10.1. The van der Waals surface area contributed by atoms with Crippen molar-refractivity contribution in [3.8, 4) is 0 Å². The highest BCUT2D eigenvalue weighted by Gasteiger charge is 2.28. The molecule has 1 aromatic heterocycles. The van der Waals surface area contributed by atoms with Gasteiger partial charge in [0, 0.05) is 18.0 Å². The van der Waals surface area contributed by atoms with Gasteiger partial charge in [0.1, 0.15) is 0 Å². The van der Waals surface area contributed by atoms with Crippen molar-refractivity contribution in [1.82, 2.24) is 15.1 Å². The zero-order chi connectivity index (χ0) is 15.5. The first kappa shape index (κ1) is 14.8. The van der Waals surface area contributed by atoms with E-state index in [1.807, 2.05) is 29.2 Å². The molecule has 22 heavy (non-hydrogen) atoms. The van der Waals surface area contributed by atoms with E-state index in [9.17, 15) is 4.79 Å². The first-order valence-electron chi connectivity index (χ1n) is 8.04. The number of carbonyl (C=O) groups excluding carboxylic acids is 1. The van der Waals surface area contributed by atoms with Crippen LogP contribution in [0.4, 0.5) is 5.69 Å². The number of aromatic nitrogens is 2. The predicted molar refractivity (Wildman–Crippen MR) is 87.5 cm³/mol. The Hall–Kier alpha value is -2.17. The number of nitrogen functional groups attached to an aromatic ring is 1. The number of carbonyl (C=O) groups is 1. The number of benzene rings is 1. The third kappa shape index (κ3) is 2.63. The molecule has 1 saturated heterocycles. The summed E-state index contributed by atoms with van der Waals surface area (Å²) >= 11 is 0. The Morgan fingerprint density at radius 2 is 2.09 bits per heavy atom. The van der Waals surface area contributed by atoms with E-state index >= 15 is 0 Å². The van der Waals surface area contributed by atoms with Gasteiger partial charge in [-0.15, -0.1) is 10.2 Å². The van der Waals surface area contributed by atoms with Crippen LogP contribution in [0.2, 0.25) is 0 Å². The summed E-state index contributed by atoms with van der Waals surface area (Å²) in [7, 11) is 0. The van der Waals surface area contributed by atoms with E-state index in [2.05, 4.69) is 17.1 Å². The van der Waals surface area contributed by atoms with Gasteiger partial charge in [-0.05, 0) is 25.3 Å². The number of fused-ring (bicyclic) bond motifs is 1. The molecule has 0 unspecified atom stereocenters. The summed E-state index contributed by atoms with van der Waals surface area (Å²) in [5.74, 6) is -0.0792. The second kappa shape index (κ2) is 6.30. The van der Waals surface area contributed by atoms with Crippen LogP contribution < -0.4 is 5.73 Å². The molecule has 116 valence electrons. The molecule has 2 heterocycles. The molecule has 2 N–H and O–H groups in total. The minimum absolute atomic E-state index is 0.0792. The topological polar surface area (TPSA) is 72.1 Å². The van der Waals surface area contributed by atoms with Crippen molar-refractivity contribution in [2.24, 2.45) is 0 Å². The van der Waals surface area contributed by atoms with Crippen LogP contribution in [-0.2, 0) is 0 Å². The van der Waals surface area contributed by atoms with Crippen molar-refractivity contribution in [3.05, 3.63) is 30.0 Å². The molecule has 0 bridgehead atoms. The smallest absolute Gasteiger partial charge is 0.276 e. The maximum Gasteiger partial charge on any atom is 0.276 e. The van der Waals surface area contributed by atoms with Crippen molar-refractivity contribution in [1.29, 1.82) is 0 Å². The van der Waals surface area contributed by atoms with E-state index in [4.69, 9.17) is 5.73 Å². The quantitative estimate of drug-likeness (QED) is 0.925. The van der Waals surface area contributed by atoms with Gasteiger partial charge < -0.3 is 10.6 Å². The van der Waals surface area contributed by atoms with E-state index in [0.29, 0.717) is 11.4 Å². The number of hydrogen-bond donors (Lipinski definition) is 1. The molecule has 5 nitrogen and oxygen atoms in total. The van der Waals surface area contributed by atoms with Gasteiger partial charge in [0.05, 0.1) is 11.2 Å². The van der Waals surface area contributed by atoms with Crippen LogP contribution in [0.1, 0.15) is 49.5 Å². The lowest BCUT2D eigenvalue weighted by molar-refractivity contribution is 0.0672. The highest BCUT2D eigenvalue weighted by molar-refractivity contribution is 6.04. The minimum Gasteiger partial charge on any atom is -0.396 e. The number of hydrogen-bond acceptors (Lipinski definition) is 4. The zero-order valence-electron chi connectivity index (χ0n) is 13.0. The number of rotatable bonds is 2. The zero-order valence-corrected chi connectivity index (χ0v) is 13.0. The number of likely N-dealkylation sites (tertiary alicyclic amines) is 1. The molecule has 0 saturated carbocycles. The lowest BCUT2D eigenvalue weighted by Gasteiger charge is -2.29. The van der Waals surface area contributed by atoms with Crippen molar-refractivity contribution in [2.75, 3.05) is 12.3 Å². The highest BCUT2D eigenvalue weighted by atomic mass is 16.2. The van der Waals surface area contributed by atoms with Crippen LogP contribution in [0.5, 0.6) is 0 Å². The van der Waals surface area contributed by atoms with Gasteiger partial charge in [0.25, 0.3) is 5.91 Å². The summed E-state index contributed by atoms with van der Waals surface area (Å²) in [4.78, 5) is 14.9. The Morgan fingerprint density at radius 3 is 2.91 bits per heavy atom. The monoisotopic (exact) mass is 298 g/mol. The molecule has 1 aromatic carbocycles. The van der Waals surface area contributed by atoms with E-state index in [1.165, 1.54) is 12.8 Å².